The first-order valence-electron chi connectivity index (χ1n) is 6.70. The van der Waals surface area contributed by atoms with Gasteiger partial charge < -0.3 is 5.32 Å². The Morgan fingerprint density at radius 1 is 1.24 bits per heavy atom. The molecule has 0 aliphatic heterocycles. The molecule has 1 N–H and O–H groups in total. The minimum Gasteiger partial charge on any atom is -0.304 e. The molecule has 0 radical (unpaired) electrons. The van der Waals surface area contributed by atoms with Crippen LogP contribution in [-0.2, 0) is 6.54 Å². The summed E-state index contributed by atoms with van der Waals surface area (Å²) in [6, 6.07) is 8.52. The highest BCUT2D eigenvalue weighted by atomic mass is 32.1. The van der Waals surface area contributed by atoms with Gasteiger partial charge in [-0.25, -0.2) is 9.67 Å². The van der Waals surface area contributed by atoms with Crippen molar-refractivity contribution in [1.29, 1.82) is 0 Å². The lowest BCUT2D eigenvalue weighted by atomic mass is 10.1. The molecule has 1 atom stereocenters. The van der Waals surface area contributed by atoms with Crippen LogP contribution in [0.1, 0.15) is 28.5 Å². The Balaban J connectivity index is 1.63. The second-order valence-corrected chi connectivity index (χ2v) is 6.02. The van der Waals surface area contributed by atoms with E-state index in [1.165, 1.54) is 11.9 Å². The van der Waals surface area contributed by atoms with Crippen LogP contribution in [0.4, 0.5) is 0 Å². The van der Waals surface area contributed by atoms with Crippen molar-refractivity contribution in [2.45, 2.75) is 26.4 Å². The summed E-state index contributed by atoms with van der Waals surface area (Å²) in [6.45, 7) is 4.84. The normalized spacial score (nSPS) is 12.5. The van der Waals surface area contributed by atoms with E-state index >= 15 is 0 Å². The first kappa shape index (κ1) is 13.8. The highest BCUT2D eigenvalue weighted by Gasteiger charge is 2.07. The molecule has 0 amide bonds. The first-order valence-corrected chi connectivity index (χ1v) is 7.51. The molecule has 0 saturated heterocycles. The fourth-order valence-electron chi connectivity index (χ4n) is 2.02. The standard InChI is InChI=1S/C14H16N6S/c1-10(16-7-14-19-18-11(2)21-14)12-3-5-13(6-4-12)20-9-15-8-17-20/h3-6,8-10,16H,7H2,1-2H3/t10-/m0/s1. The van der Waals surface area contributed by atoms with Gasteiger partial charge in [0.2, 0.25) is 0 Å². The Bertz CT molecular complexity index is 689. The number of aromatic nitrogens is 5. The van der Waals surface area contributed by atoms with Crippen LogP contribution < -0.4 is 5.32 Å². The third kappa shape index (κ3) is 3.32. The van der Waals surface area contributed by atoms with E-state index in [4.69, 9.17) is 0 Å². The topological polar surface area (TPSA) is 68.5 Å². The molecule has 3 rings (SSSR count). The van der Waals surface area contributed by atoms with Crippen molar-refractivity contribution in [1.82, 2.24) is 30.3 Å². The van der Waals surface area contributed by atoms with Crippen LogP contribution in [-0.4, -0.2) is 25.0 Å². The molecule has 2 aromatic heterocycles. The molecule has 0 aliphatic rings. The maximum atomic E-state index is 4.12. The quantitative estimate of drug-likeness (QED) is 0.783. The summed E-state index contributed by atoms with van der Waals surface area (Å²) in [5, 5.41) is 17.7. The number of nitrogens with zero attached hydrogens (tertiary/aromatic N) is 5. The molecule has 1 aromatic carbocycles. The van der Waals surface area contributed by atoms with E-state index in [1.807, 2.05) is 19.1 Å². The van der Waals surface area contributed by atoms with Gasteiger partial charge in [-0.1, -0.05) is 12.1 Å². The van der Waals surface area contributed by atoms with E-state index in [0.717, 1.165) is 22.2 Å². The van der Waals surface area contributed by atoms with Gasteiger partial charge in [0.1, 0.15) is 22.7 Å². The summed E-state index contributed by atoms with van der Waals surface area (Å²) in [5.41, 5.74) is 2.23. The molecule has 21 heavy (non-hydrogen) atoms. The summed E-state index contributed by atoms with van der Waals surface area (Å²) in [7, 11) is 0. The highest BCUT2D eigenvalue weighted by molar-refractivity contribution is 7.11. The van der Waals surface area contributed by atoms with E-state index in [9.17, 15) is 0 Å². The lowest BCUT2D eigenvalue weighted by molar-refractivity contribution is 0.570. The Labute approximate surface area is 126 Å². The number of benzene rings is 1. The van der Waals surface area contributed by atoms with Crippen molar-refractivity contribution in [3.8, 4) is 5.69 Å². The van der Waals surface area contributed by atoms with Gasteiger partial charge in [0.05, 0.1) is 12.2 Å². The number of rotatable bonds is 5. The van der Waals surface area contributed by atoms with Gasteiger partial charge >= 0.3 is 0 Å². The molecule has 2 heterocycles. The molecule has 0 unspecified atom stereocenters. The molecule has 7 heteroatoms. The first-order chi connectivity index (χ1) is 10.2. The molecule has 0 bridgehead atoms. The molecule has 0 aliphatic carbocycles. The van der Waals surface area contributed by atoms with Crippen LogP contribution in [0.2, 0.25) is 0 Å². The van der Waals surface area contributed by atoms with Gasteiger partial charge in [0.25, 0.3) is 0 Å². The lowest BCUT2D eigenvalue weighted by Gasteiger charge is -2.13. The summed E-state index contributed by atoms with van der Waals surface area (Å²) < 4.78 is 1.74. The summed E-state index contributed by atoms with van der Waals surface area (Å²) in [5.74, 6) is 0. The molecule has 0 saturated carbocycles. The van der Waals surface area contributed by atoms with Crippen LogP contribution in [0, 0.1) is 6.92 Å². The van der Waals surface area contributed by atoms with E-state index in [2.05, 4.69) is 44.7 Å². The molecule has 3 aromatic rings. The SMILES string of the molecule is Cc1nnc(CN[C@@H](C)c2ccc(-n3cncn3)cc2)s1. The van der Waals surface area contributed by atoms with Crippen LogP contribution in [0.3, 0.4) is 0 Å². The second kappa shape index (κ2) is 6.11. The average molecular weight is 300 g/mol. The molecule has 6 nitrogen and oxygen atoms in total. The van der Waals surface area contributed by atoms with E-state index in [-0.39, 0.29) is 6.04 Å². The van der Waals surface area contributed by atoms with E-state index < -0.39 is 0 Å². The monoisotopic (exact) mass is 300 g/mol. The number of aryl methyl sites for hydroxylation is 1. The molecule has 108 valence electrons. The zero-order valence-corrected chi connectivity index (χ0v) is 12.7. The van der Waals surface area contributed by atoms with Crippen molar-refractivity contribution in [3.05, 3.63) is 52.5 Å². The fourth-order valence-corrected chi connectivity index (χ4v) is 2.68. The molecular formula is C14H16N6S. The zero-order valence-electron chi connectivity index (χ0n) is 11.9. The highest BCUT2D eigenvalue weighted by Crippen LogP contribution is 2.16. The fraction of sp³-hybridized carbons (Fsp3) is 0.286. The van der Waals surface area contributed by atoms with E-state index in [0.29, 0.717) is 0 Å². The van der Waals surface area contributed by atoms with Crippen molar-refractivity contribution in [2.24, 2.45) is 0 Å². The molecule has 0 fully saturated rings. The van der Waals surface area contributed by atoms with Gasteiger partial charge in [0, 0.05) is 6.04 Å². The third-order valence-corrected chi connectivity index (χ3v) is 4.04. The van der Waals surface area contributed by atoms with Crippen LogP contribution >= 0.6 is 11.3 Å². The minimum atomic E-state index is 0.249. The van der Waals surface area contributed by atoms with Crippen molar-refractivity contribution in [3.63, 3.8) is 0 Å². The van der Waals surface area contributed by atoms with Crippen LogP contribution in [0.25, 0.3) is 5.69 Å². The van der Waals surface area contributed by atoms with Crippen LogP contribution in [0.5, 0.6) is 0 Å². The lowest BCUT2D eigenvalue weighted by Crippen LogP contribution is -2.18. The summed E-state index contributed by atoms with van der Waals surface area (Å²) in [4.78, 5) is 3.95. The Hall–Kier alpha value is -2.12. The van der Waals surface area contributed by atoms with E-state index in [1.54, 1.807) is 22.3 Å². The average Bonchev–Trinajstić information content (AvgIpc) is 3.16. The molecule has 0 spiro atoms. The van der Waals surface area contributed by atoms with Gasteiger partial charge in [-0.15, -0.1) is 21.5 Å². The van der Waals surface area contributed by atoms with Gasteiger partial charge in [-0.3, -0.25) is 0 Å². The smallest absolute Gasteiger partial charge is 0.138 e. The van der Waals surface area contributed by atoms with Crippen molar-refractivity contribution >= 4 is 11.3 Å². The third-order valence-electron chi connectivity index (χ3n) is 3.20. The van der Waals surface area contributed by atoms with Crippen molar-refractivity contribution < 1.29 is 0 Å². The zero-order chi connectivity index (χ0) is 14.7. The Kier molecular flexibility index (Phi) is 4.03. The van der Waals surface area contributed by atoms with Gasteiger partial charge in [-0.05, 0) is 31.5 Å². The maximum absolute atomic E-state index is 4.12. The summed E-state index contributed by atoms with van der Waals surface area (Å²) >= 11 is 1.62. The predicted octanol–water partition coefficient (Wildman–Crippen LogP) is 2.28. The van der Waals surface area contributed by atoms with Crippen molar-refractivity contribution in [2.75, 3.05) is 0 Å². The predicted molar refractivity (Wildman–Crippen MR) is 81.3 cm³/mol. The number of nitrogens with one attached hydrogen (secondary N) is 1. The van der Waals surface area contributed by atoms with Gasteiger partial charge in [-0.2, -0.15) is 5.10 Å². The maximum Gasteiger partial charge on any atom is 0.138 e. The minimum absolute atomic E-state index is 0.249. The number of hydrogen-bond acceptors (Lipinski definition) is 6. The number of hydrogen-bond donors (Lipinski definition) is 1. The summed E-state index contributed by atoms with van der Waals surface area (Å²) in [6.07, 6.45) is 3.22. The largest absolute Gasteiger partial charge is 0.304 e. The van der Waals surface area contributed by atoms with Crippen LogP contribution in [0.15, 0.2) is 36.9 Å². The van der Waals surface area contributed by atoms with Gasteiger partial charge in [0.15, 0.2) is 0 Å². The second-order valence-electron chi connectivity index (χ2n) is 4.75. The Morgan fingerprint density at radius 2 is 2.05 bits per heavy atom. The Morgan fingerprint density at radius 3 is 2.67 bits per heavy atom. The molecular weight excluding hydrogens is 284 g/mol.